The summed E-state index contributed by atoms with van der Waals surface area (Å²) < 4.78 is 5.20. The molecule has 3 N–H and O–H groups in total. The Morgan fingerprint density at radius 3 is 2.47 bits per heavy atom. The lowest BCUT2D eigenvalue weighted by molar-refractivity contribution is -0.120. The van der Waals surface area contributed by atoms with Gasteiger partial charge in [0.15, 0.2) is 0 Å². The van der Waals surface area contributed by atoms with E-state index in [1.54, 1.807) is 7.11 Å². The zero-order valence-corrected chi connectivity index (χ0v) is 10.3. The Bertz CT molecular complexity index is 195. The molecule has 0 saturated heterocycles. The van der Waals surface area contributed by atoms with E-state index >= 15 is 0 Å². The summed E-state index contributed by atoms with van der Waals surface area (Å²) >= 11 is 0. The van der Waals surface area contributed by atoms with Crippen molar-refractivity contribution in [2.45, 2.75) is 39.2 Å². The second-order valence-corrected chi connectivity index (χ2v) is 4.31. The Hall–Kier alpha value is -0.610. The molecule has 15 heavy (non-hydrogen) atoms. The lowest BCUT2D eigenvalue weighted by Gasteiger charge is -2.37. The van der Waals surface area contributed by atoms with Crippen LogP contribution in [0.5, 0.6) is 0 Å². The molecule has 0 aromatic heterocycles. The largest absolute Gasteiger partial charge is 0.383 e. The molecular formula is C11H24N2O2. The van der Waals surface area contributed by atoms with E-state index in [-0.39, 0.29) is 11.4 Å². The summed E-state index contributed by atoms with van der Waals surface area (Å²) in [5.74, 6) is 0.0147. The van der Waals surface area contributed by atoms with Gasteiger partial charge in [-0.2, -0.15) is 0 Å². The standard InChI is InChI=1S/C11H24N2O2/c1-5-6-13-11(8-15-4,9(2)3)7-10(12)14/h9,13H,5-8H2,1-4H3,(H2,12,14). The van der Waals surface area contributed by atoms with Crippen LogP contribution in [0.3, 0.4) is 0 Å². The zero-order chi connectivity index (χ0) is 11.9. The molecule has 1 atom stereocenters. The second-order valence-electron chi connectivity index (χ2n) is 4.31. The van der Waals surface area contributed by atoms with Crippen molar-refractivity contribution in [2.24, 2.45) is 11.7 Å². The Morgan fingerprint density at radius 2 is 2.13 bits per heavy atom. The molecule has 0 bridgehead atoms. The molecule has 4 heteroatoms. The minimum atomic E-state index is -0.323. The van der Waals surface area contributed by atoms with Gasteiger partial charge in [0.05, 0.1) is 12.1 Å². The maximum atomic E-state index is 11.1. The first-order chi connectivity index (χ1) is 6.98. The van der Waals surface area contributed by atoms with E-state index in [1.807, 2.05) is 0 Å². The summed E-state index contributed by atoms with van der Waals surface area (Å²) in [7, 11) is 1.64. The summed E-state index contributed by atoms with van der Waals surface area (Å²) in [5, 5.41) is 3.39. The number of hydrogen-bond donors (Lipinski definition) is 2. The molecule has 0 heterocycles. The van der Waals surface area contributed by atoms with E-state index in [9.17, 15) is 4.79 Å². The van der Waals surface area contributed by atoms with Crippen molar-refractivity contribution in [2.75, 3.05) is 20.3 Å². The minimum Gasteiger partial charge on any atom is -0.383 e. The number of nitrogens with one attached hydrogen (secondary N) is 1. The molecule has 0 aliphatic heterocycles. The van der Waals surface area contributed by atoms with Crippen molar-refractivity contribution in [3.05, 3.63) is 0 Å². The highest BCUT2D eigenvalue weighted by Gasteiger charge is 2.34. The maximum Gasteiger partial charge on any atom is 0.219 e. The summed E-state index contributed by atoms with van der Waals surface area (Å²) in [4.78, 5) is 11.1. The molecule has 0 spiro atoms. The normalized spacial score (nSPS) is 15.3. The Balaban J connectivity index is 4.63. The van der Waals surface area contributed by atoms with Crippen molar-refractivity contribution >= 4 is 5.91 Å². The molecule has 1 amide bonds. The molecule has 1 unspecified atom stereocenters. The molecule has 4 nitrogen and oxygen atoms in total. The summed E-state index contributed by atoms with van der Waals surface area (Å²) in [6.07, 6.45) is 1.34. The van der Waals surface area contributed by atoms with Crippen molar-refractivity contribution in [3.8, 4) is 0 Å². The zero-order valence-electron chi connectivity index (χ0n) is 10.3. The van der Waals surface area contributed by atoms with E-state index in [0.29, 0.717) is 18.9 Å². The average Bonchev–Trinajstić information content (AvgIpc) is 2.13. The molecular weight excluding hydrogens is 192 g/mol. The number of primary amides is 1. The highest BCUT2D eigenvalue weighted by molar-refractivity contribution is 5.75. The van der Waals surface area contributed by atoms with E-state index in [1.165, 1.54) is 0 Å². The first-order valence-electron chi connectivity index (χ1n) is 5.50. The predicted octanol–water partition coefficient (Wildman–Crippen LogP) is 0.903. The molecule has 0 radical (unpaired) electrons. The van der Waals surface area contributed by atoms with Gasteiger partial charge in [-0.05, 0) is 18.9 Å². The van der Waals surface area contributed by atoms with E-state index < -0.39 is 0 Å². The number of carbonyl (C=O) groups excluding carboxylic acids is 1. The first-order valence-corrected chi connectivity index (χ1v) is 5.50. The second kappa shape index (κ2) is 6.80. The summed E-state index contributed by atoms with van der Waals surface area (Å²) in [6.45, 7) is 7.62. The van der Waals surface area contributed by atoms with Gasteiger partial charge in [-0.3, -0.25) is 4.79 Å². The van der Waals surface area contributed by atoms with Crippen LogP contribution in [0.25, 0.3) is 0 Å². The third-order valence-corrected chi connectivity index (χ3v) is 2.72. The molecule has 0 fully saturated rings. The van der Waals surface area contributed by atoms with Crippen molar-refractivity contribution in [1.29, 1.82) is 0 Å². The molecule has 0 rings (SSSR count). The van der Waals surface area contributed by atoms with Gasteiger partial charge in [-0.15, -0.1) is 0 Å². The van der Waals surface area contributed by atoms with E-state index in [2.05, 4.69) is 26.1 Å². The van der Waals surface area contributed by atoms with Crippen LogP contribution in [-0.4, -0.2) is 31.7 Å². The van der Waals surface area contributed by atoms with Gasteiger partial charge in [-0.1, -0.05) is 20.8 Å². The third-order valence-electron chi connectivity index (χ3n) is 2.72. The number of rotatable bonds is 8. The lowest BCUT2D eigenvalue weighted by atomic mass is 9.83. The van der Waals surface area contributed by atoms with Gasteiger partial charge in [0.2, 0.25) is 5.91 Å². The smallest absolute Gasteiger partial charge is 0.219 e. The third kappa shape index (κ3) is 4.62. The topological polar surface area (TPSA) is 64.3 Å². The van der Waals surface area contributed by atoms with Gasteiger partial charge >= 0.3 is 0 Å². The number of carbonyl (C=O) groups is 1. The molecule has 0 aliphatic rings. The van der Waals surface area contributed by atoms with Crippen LogP contribution in [0.2, 0.25) is 0 Å². The highest BCUT2D eigenvalue weighted by atomic mass is 16.5. The fraction of sp³-hybridized carbons (Fsp3) is 0.909. The maximum absolute atomic E-state index is 11.1. The average molecular weight is 216 g/mol. The van der Waals surface area contributed by atoms with Crippen LogP contribution >= 0.6 is 0 Å². The number of methoxy groups -OCH3 is 1. The van der Waals surface area contributed by atoms with Gasteiger partial charge in [-0.25, -0.2) is 0 Å². The highest BCUT2D eigenvalue weighted by Crippen LogP contribution is 2.21. The van der Waals surface area contributed by atoms with Crippen LogP contribution in [0.1, 0.15) is 33.6 Å². The quantitative estimate of drug-likeness (QED) is 0.633. The van der Waals surface area contributed by atoms with Crippen molar-refractivity contribution in [1.82, 2.24) is 5.32 Å². The van der Waals surface area contributed by atoms with E-state index in [0.717, 1.165) is 13.0 Å². The number of nitrogens with two attached hydrogens (primary N) is 1. The number of ether oxygens (including phenoxy) is 1. The Kier molecular flexibility index (Phi) is 6.52. The SMILES string of the molecule is CCCNC(COC)(CC(N)=O)C(C)C. The number of hydrogen-bond acceptors (Lipinski definition) is 3. The summed E-state index contributed by atoms with van der Waals surface area (Å²) in [5.41, 5.74) is 4.96. The van der Waals surface area contributed by atoms with E-state index in [4.69, 9.17) is 10.5 Å². The fourth-order valence-corrected chi connectivity index (χ4v) is 1.68. The van der Waals surface area contributed by atoms with Crippen molar-refractivity contribution in [3.63, 3.8) is 0 Å². The molecule has 0 aliphatic carbocycles. The monoisotopic (exact) mass is 216 g/mol. The van der Waals surface area contributed by atoms with Gasteiger partial charge < -0.3 is 15.8 Å². The lowest BCUT2D eigenvalue weighted by Crippen LogP contribution is -2.55. The predicted molar refractivity (Wildman–Crippen MR) is 61.6 cm³/mol. The fourth-order valence-electron chi connectivity index (χ4n) is 1.68. The molecule has 0 aromatic carbocycles. The van der Waals surface area contributed by atoms with Crippen LogP contribution in [0.4, 0.5) is 0 Å². The molecule has 0 saturated carbocycles. The Labute approximate surface area is 92.6 Å². The first kappa shape index (κ1) is 14.4. The van der Waals surface area contributed by atoms with Crippen LogP contribution < -0.4 is 11.1 Å². The van der Waals surface area contributed by atoms with Crippen LogP contribution in [-0.2, 0) is 9.53 Å². The molecule has 0 aromatic rings. The van der Waals surface area contributed by atoms with Gasteiger partial charge in [0, 0.05) is 13.5 Å². The minimum absolute atomic E-state index is 0.288. The van der Waals surface area contributed by atoms with Gasteiger partial charge in [0.1, 0.15) is 0 Å². The Morgan fingerprint density at radius 1 is 1.53 bits per heavy atom. The van der Waals surface area contributed by atoms with Crippen LogP contribution in [0.15, 0.2) is 0 Å². The van der Waals surface area contributed by atoms with Crippen molar-refractivity contribution < 1.29 is 9.53 Å². The van der Waals surface area contributed by atoms with Gasteiger partial charge in [0.25, 0.3) is 0 Å². The summed E-state index contributed by atoms with van der Waals surface area (Å²) in [6, 6.07) is 0. The number of amides is 1. The van der Waals surface area contributed by atoms with Crippen LogP contribution in [0, 0.1) is 5.92 Å². The molecule has 90 valence electrons.